The molecule has 4 nitrogen and oxygen atoms in total. The first-order valence-corrected chi connectivity index (χ1v) is 7.60. The lowest BCUT2D eigenvalue weighted by molar-refractivity contribution is 0.207. The number of nitrogens with zero attached hydrogens (tertiary/aromatic N) is 1. The Kier molecular flexibility index (Phi) is 3.98. The Hall–Kier alpha value is -2.15. The second kappa shape index (κ2) is 5.92. The van der Waals surface area contributed by atoms with Gasteiger partial charge in [-0.25, -0.2) is 13.6 Å². The van der Waals surface area contributed by atoms with Gasteiger partial charge in [0, 0.05) is 35.8 Å². The number of rotatable bonds is 2. The van der Waals surface area contributed by atoms with Crippen LogP contribution in [0.2, 0.25) is 0 Å². The van der Waals surface area contributed by atoms with Gasteiger partial charge >= 0.3 is 6.03 Å². The van der Waals surface area contributed by atoms with Crippen molar-refractivity contribution in [1.82, 2.24) is 4.90 Å². The van der Waals surface area contributed by atoms with E-state index in [0.29, 0.717) is 13.1 Å². The van der Waals surface area contributed by atoms with Crippen molar-refractivity contribution in [2.45, 2.75) is 13.0 Å². The molecule has 1 N–H and O–H groups in total. The van der Waals surface area contributed by atoms with E-state index < -0.39 is 17.4 Å². The molecular weight excluding hydrogens is 310 g/mol. The van der Waals surface area contributed by atoms with Gasteiger partial charge in [-0.05, 0) is 23.4 Å². The summed E-state index contributed by atoms with van der Waals surface area (Å²) in [4.78, 5) is 15.1. The molecule has 1 aromatic heterocycles. The van der Waals surface area contributed by atoms with Crippen LogP contribution in [0.3, 0.4) is 0 Å². The second-order valence-corrected chi connectivity index (χ2v) is 5.94. The fraction of sp³-hybridized carbons (Fsp3) is 0.267. The smallest absolute Gasteiger partial charge is 0.322 e. The van der Waals surface area contributed by atoms with Crippen molar-refractivity contribution in [3.8, 4) is 5.75 Å². The number of hydrogen-bond acceptors (Lipinski definition) is 3. The molecule has 0 aliphatic carbocycles. The van der Waals surface area contributed by atoms with Crippen molar-refractivity contribution in [3.05, 3.63) is 45.7 Å². The van der Waals surface area contributed by atoms with Gasteiger partial charge < -0.3 is 15.0 Å². The van der Waals surface area contributed by atoms with Crippen LogP contribution in [0.1, 0.15) is 10.4 Å². The highest BCUT2D eigenvalue weighted by Gasteiger charge is 2.22. The van der Waals surface area contributed by atoms with Crippen LogP contribution in [-0.4, -0.2) is 24.6 Å². The number of urea groups is 1. The van der Waals surface area contributed by atoms with E-state index in [4.69, 9.17) is 0 Å². The molecule has 2 heterocycles. The molecule has 0 saturated heterocycles. The monoisotopic (exact) mass is 324 g/mol. The van der Waals surface area contributed by atoms with E-state index >= 15 is 0 Å². The zero-order valence-corrected chi connectivity index (χ0v) is 12.7. The predicted molar refractivity (Wildman–Crippen MR) is 80.4 cm³/mol. The van der Waals surface area contributed by atoms with Gasteiger partial charge in [-0.2, -0.15) is 0 Å². The molecule has 2 amide bonds. The first-order valence-electron chi connectivity index (χ1n) is 6.72. The summed E-state index contributed by atoms with van der Waals surface area (Å²) in [7, 11) is 1.19. The SMILES string of the molecule is COc1c(F)cc(NC(=O)N2CCc3sccc3C2)cc1F. The van der Waals surface area contributed by atoms with E-state index in [-0.39, 0.29) is 11.7 Å². The number of nitrogens with one attached hydrogen (secondary N) is 1. The van der Waals surface area contributed by atoms with Crippen LogP contribution >= 0.6 is 11.3 Å². The Morgan fingerprint density at radius 2 is 2.09 bits per heavy atom. The summed E-state index contributed by atoms with van der Waals surface area (Å²) in [6, 6.07) is 3.70. The Balaban J connectivity index is 1.73. The molecule has 22 heavy (non-hydrogen) atoms. The zero-order chi connectivity index (χ0) is 15.7. The third kappa shape index (κ3) is 2.76. The maximum absolute atomic E-state index is 13.6. The lowest BCUT2D eigenvalue weighted by Crippen LogP contribution is -2.38. The second-order valence-electron chi connectivity index (χ2n) is 4.94. The van der Waals surface area contributed by atoms with Crippen LogP contribution in [0.15, 0.2) is 23.6 Å². The fourth-order valence-electron chi connectivity index (χ4n) is 2.45. The third-order valence-corrected chi connectivity index (χ3v) is 4.57. The Bertz CT molecular complexity index is 694. The Morgan fingerprint density at radius 1 is 1.36 bits per heavy atom. The van der Waals surface area contributed by atoms with Gasteiger partial charge in [0.25, 0.3) is 0 Å². The number of benzene rings is 1. The number of carbonyl (C=O) groups is 1. The molecule has 0 bridgehead atoms. The molecule has 0 unspecified atom stereocenters. The van der Waals surface area contributed by atoms with Crippen LogP contribution < -0.4 is 10.1 Å². The van der Waals surface area contributed by atoms with Crippen LogP contribution in [0, 0.1) is 11.6 Å². The molecule has 0 atom stereocenters. The number of fused-ring (bicyclic) bond motifs is 1. The highest BCUT2D eigenvalue weighted by atomic mass is 32.1. The number of hydrogen-bond donors (Lipinski definition) is 1. The van der Waals surface area contributed by atoms with E-state index in [2.05, 4.69) is 10.1 Å². The number of anilines is 1. The molecule has 0 radical (unpaired) electrons. The minimum Gasteiger partial charge on any atom is -0.491 e. The minimum atomic E-state index is -0.850. The Labute approximate surface area is 130 Å². The van der Waals surface area contributed by atoms with Gasteiger partial charge in [-0.1, -0.05) is 0 Å². The molecule has 0 saturated carbocycles. The van der Waals surface area contributed by atoms with Crippen molar-refractivity contribution in [2.75, 3.05) is 19.0 Å². The summed E-state index contributed by atoms with van der Waals surface area (Å²) in [5.74, 6) is -2.16. The number of carbonyl (C=O) groups excluding carboxylic acids is 1. The molecule has 0 spiro atoms. The van der Waals surface area contributed by atoms with E-state index in [1.807, 2.05) is 11.4 Å². The summed E-state index contributed by atoms with van der Waals surface area (Å²) in [6.07, 6.45) is 0.797. The highest BCUT2D eigenvalue weighted by molar-refractivity contribution is 7.10. The maximum atomic E-state index is 13.6. The highest BCUT2D eigenvalue weighted by Crippen LogP contribution is 2.27. The van der Waals surface area contributed by atoms with Gasteiger partial charge in [0.2, 0.25) is 0 Å². The summed E-state index contributed by atoms with van der Waals surface area (Å²) < 4.78 is 31.9. The van der Waals surface area contributed by atoms with E-state index in [1.54, 1.807) is 16.2 Å². The zero-order valence-electron chi connectivity index (χ0n) is 11.9. The minimum absolute atomic E-state index is 0.0666. The first kappa shape index (κ1) is 14.8. The fourth-order valence-corrected chi connectivity index (χ4v) is 3.34. The van der Waals surface area contributed by atoms with Gasteiger partial charge in [-0.15, -0.1) is 11.3 Å². The van der Waals surface area contributed by atoms with Crippen LogP contribution in [-0.2, 0) is 13.0 Å². The predicted octanol–water partition coefficient (Wildman–Crippen LogP) is 3.63. The van der Waals surface area contributed by atoms with Crippen molar-refractivity contribution < 1.29 is 18.3 Å². The van der Waals surface area contributed by atoms with E-state index in [0.717, 1.165) is 24.1 Å². The first-order chi connectivity index (χ1) is 10.6. The van der Waals surface area contributed by atoms with Crippen molar-refractivity contribution in [3.63, 3.8) is 0 Å². The van der Waals surface area contributed by atoms with Crippen LogP contribution in [0.4, 0.5) is 19.3 Å². The molecule has 7 heteroatoms. The molecule has 116 valence electrons. The van der Waals surface area contributed by atoms with Crippen molar-refractivity contribution in [1.29, 1.82) is 0 Å². The Morgan fingerprint density at radius 3 is 2.77 bits per heavy atom. The molecule has 0 fully saturated rings. The number of thiophene rings is 1. The van der Waals surface area contributed by atoms with Gasteiger partial charge in [-0.3, -0.25) is 0 Å². The molecular formula is C15H14F2N2O2S. The van der Waals surface area contributed by atoms with Gasteiger partial charge in [0.05, 0.1) is 7.11 Å². The van der Waals surface area contributed by atoms with Crippen molar-refractivity contribution in [2.24, 2.45) is 0 Å². The number of halogens is 2. The summed E-state index contributed by atoms with van der Waals surface area (Å²) in [5.41, 5.74) is 1.19. The molecule has 1 aromatic carbocycles. The van der Waals surface area contributed by atoms with Gasteiger partial charge in [0.15, 0.2) is 17.4 Å². The maximum Gasteiger partial charge on any atom is 0.322 e. The van der Waals surface area contributed by atoms with Crippen molar-refractivity contribution >= 4 is 23.1 Å². The third-order valence-electron chi connectivity index (χ3n) is 3.55. The molecule has 1 aliphatic rings. The molecule has 3 rings (SSSR count). The summed E-state index contributed by atoms with van der Waals surface area (Å²) in [5, 5.41) is 4.52. The molecule has 1 aliphatic heterocycles. The number of ether oxygens (including phenoxy) is 1. The van der Waals surface area contributed by atoms with Gasteiger partial charge in [0.1, 0.15) is 0 Å². The summed E-state index contributed by atoms with van der Waals surface area (Å²) in [6.45, 7) is 1.09. The largest absolute Gasteiger partial charge is 0.491 e. The van der Waals surface area contributed by atoms with E-state index in [9.17, 15) is 13.6 Å². The van der Waals surface area contributed by atoms with Crippen LogP contribution in [0.5, 0.6) is 5.75 Å². The lowest BCUT2D eigenvalue weighted by atomic mass is 10.1. The van der Waals surface area contributed by atoms with E-state index in [1.165, 1.54) is 12.0 Å². The topological polar surface area (TPSA) is 41.6 Å². The average Bonchev–Trinajstić information content (AvgIpc) is 2.94. The number of amides is 2. The van der Waals surface area contributed by atoms with Crippen LogP contribution in [0.25, 0.3) is 0 Å². The standard InChI is InChI=1S/C15H14F2N2O2S/c1-21-14-11(16)6-10(7-12(14)17)18-15(20)19-4-2-13-9(8-19)3-5-22-13/h3,5-7H,2,4,8H2,1H3,(H,18,20). The quantitative estimate of drug-likeness (QED) is 0.916. The summed E-state index contributed by atoms with van der Waals surface area (Å²) >= 11 is 1.68. The number of methoxy groups -OCH3 is 1. The average molecular weight is 324 g/mol. The molecule has 2 aromatic rings. The lowest BCUT2D eigenvalue weighted by Gasteiger charge is -2.27. The normalized spacial score (nSPS) is 13.7.